The fraction of sp³-hybridized carbons (Fsp3) is 0.400. The molecular formula is C15H18ClN3O3. The van der Waals surface area contributed by atoms with Gasteiger partial charge < -0.3 is 10.6 Å². The molecule has 118 valence electrons. The minimum Gasteiger partial charge on any atom is -0.352 e. The van der Waals surface area contributed by atoms with Gasteiger partial charge in [-0.2, -0.15) is 0 Å². The Morgan fingerprint density at radius 3 is 2.59 bits per heavy atom. The Labute approximate surface area is 133 Å². The fourth-order valence-electron chi connectivity index (χ4n) is 2.40. The largest absolute Gasteiger partial charge is 0.352 e. The van der Waals surface area contributed by atoms with Gasteiger partial charge in [0.2, 0.25) is 5.91 Å². The number of nitrogens with one attached hydrogen (secondary N) is 2. The Morgan fingerprint density at radius 2 is 2.00 bits per heavy atom. The summed E-state index contributed by atoms with van der Waals surface area (Å²) in [6, 6.07) is 6.13. The molecule has 22 heavy (non-hydrogen) atoms. The molecule has 2 rings (SSSR count). The Kier molecular flexibility index (Phi) is 4.42. The first kappa shape index (κ1) is 16.3. The number of hydrogen-bond donors (Lipinski definition) is 2. The van der Waals surface area contributed by atoms with Gasteiger partial charge >= 0.3 is 6.03 Å². The number of rotatable bonds is 4. The topological polar surface area (TPSA) is 78.5 Å². The Bertz CT molecular complexity index is 632. The number of carbonyl (C=O) groups is 3. The average molecular weight is 324 g/mol. The summed E-state index contributed by atoms with van der Waals surface area (Å²) in [6.07, 6.45) is 0. The monoisotopic (exact) mass is 323 g/mol. The number of carbonyl (C=O) groups excluding carboxylic acids is 3. The second kappa shape index (κ2) is 5.96. The minimum absolute atomic E-state index is 0.0665. The molecule has 0 saturated carbocycles. The van der Waals surface area contributed by atoms with Crippen molar-refractivity contribution in [2.45, 2.75) is 32.4 Å². The molecule has 4 amide bonds. The predicted molar refractivity (Wildman–Crippen MR) is 82.3 cm³/mol. The first-order valence-electron chi connectivity index (χ1n) is 6.94. The standard InChI is InChI=1S/C15H18ClN3O3/c1-9(2)17-12(20)8-19-13(21)15(3,18-14(19)22)10-6-4-5-7-11(10)16/h4-7,9H,8H2,1-3H3,(H,17,20)(H,18,22)/t15-/m0/s1. The zero-order chi connectivity index (χ0) is 16.5. The van der Waals surface area contributed by atoms with Gasteiger partial charge in [0.1, 0.15) is 12.1 Å². The van der Waals surface area contributed by atoms with Gasteiger partial charge in [-0.15, -0.1) is 0 Å². The maximum Gasteiger partial charge on any atom is 0.325 e. The van der Waals surface area contributed by atoms with E-state index in [9.17, 15) is 14.4 Å². The van der Waals surface area contributed by atoms with Crippen molar-refractivity contribution in [2.24, 2.45) is 0 Å². The average Bonchev–Trinajstić information content (AvgIpc) is 2.63. The van der Waals surface area contributed by atoms with E-state index in [1.54, 1.807) is 45.0 Å². The molecule has 1 atom stereocenters. The molecule has 1 fully saturated rings. The van der Waals surface area contributed by atoms with E-state index in [1.807, 2.05) is 0 Å². The van der Waals surface area contributed by atoms with Gasteiger partial charge in [0.05, 0.1) is 0 Å². The Morgan fingerprint density at radius 1 is 1.36 bits per heavy atom. The van der Waals surface area contributed by atoms with Crippen LogP contribution in [0.3, 0.4) is 0 Å². The molecule has 0 bridgehead atoms. The van der Waals surface area contributed by atoms with Crippen molar-refractivity contribution in [3.05, 3.63) is 34.9 Å². The number of halogens is 1. The lowest BCUT2D eigenvalue weighted by molar-refractivity contribution is -0.135. The summed E-state index contributed by atoms with van der Waals surface area (Å²) < 4.78 is 0. The molecule has 0 spiro atoms. The summed E-state index contributed by atoms with van der Waals surface area (Å²) in [4.78, 5) is 37.4. The highest BCUT2D eigenvalue weighted by Gasteiger charge is 2.50. The fourth-order valence-corrected chi connectivity index (χ4v) is 2.73. The van der Waals surface area contributed by atoms with E-state index >= 15 is 0 Å². The van der Waals surface area contributed by atoms with Crippen molar-refractivity contribution in [1.29, 1.82) is 0 Å². The first-order valence-corrected chi connectivity index (χ1v) is 7.32. The molecule has 1 aromatic rings. The Hall–Kier alpha value is -2.08. The predicted octanol–water partition coefficient (Wildman–Crippen LogP) is 1.63. The second-order valence-electron chi connectivity index (χ2n) is 5.65. The smallest absolute Gasteiger partial charge is 0.325 e. The van der Waals surface area contributed by atoms with Gasteiger partial charge in [-0.25, -0.2) is 4.79 Å². The number of benzene rings is 1. The van der Waals surface area contributed by atoms with E-state index in [-0.39, 0.29) is 18.5 Å². The highest BCUT2D eigenvalue weighted by Crippen LogP contribution is 2.33. The molecule has 0 radical (unpaired) electrons. The molecule has 2 N–H and O–H groups in total. The van der Waals surface area contributed by atoms with Crippen LogP contribution in [0.15, 0.2) is 24.3 Å². The van der Waals surface area contributed by atoms with Crippen molar-refractivity contribution in [3.63, 3.8) is 0 Å². The summed E-state index contributed by atoms with van der Waals surface area (Å²) in [5, 5.41) is 5.65. The molecule has 0 aliphatic carbocycles. The summed E-state index contributed by atoms with van der Waals surface area (Å²) in [5.74, 6) is -0.883. The van der Waals surface area contributed by atoms with Crippen LogP contribution in [0.5, 0.6) is 0 Å². The lowest BCUT2D eigenvalue weighted by atomic mass is 9.92. The van der Waals surface area contributed by atoms with E-state index in [1.165, 1.54) is 0 Å². The van der Waals surface area contributed by atoms with Crippen molar-refractivity contribution in [2.75, 3.05) is 6.54 Å². The normalized spacial score (nSPS) is 21.2. The van der Waals surface area contributed by atoms with Gasteiger partial charge in [0.25, 0.3) is 5.91 Å². The first-order chi connectivity index (χ1) is 10.3. The van der Waals surface area contributed by atoms with E-state index < -0.39 is 17.5 Å². The van der Waals surface area contributed by atoms with Gasteiger partial charge in [0.15, 0.2) is 0 Å². The molecule has 1 saturated heterocycles. The number of amides is 4. The van der Waals surface area contributed by atoms with Gasteiger partial charge in [0, 0.05) is 16.6 Å². The highest BCUT2D eigenvalue weighted by molar-refractivity contribution is 6.32. The summed E-state index contributed by atoms with van der Waals surface area (Å²) in [5.41, 5.74) is -0.769. The van der Waals surface area contributed by atoms with Crippen molar-refractivity contribution in [1.82, 2.24) is 15.5 Å². The number of urea groups is 1. The number of hydrogen-bond acceptors (Lipinski definition) is 3. The lowest BCUT2D eigenvalue weighted by Gasteiger charge is -2.23. The third kappa shape index (κ3) is 2.92. The second-order valence-corrected chi connectivity index (χ2v) is 6.06. The zero-order valence-electron chi connectivity index (χ0n) is 12.6. The van der Waals surface area contributed by atoms with E-state index in [0.29, 0.717) is 10.6 Å². The van der Waals surface area contributed by atoms with Crippen molar-refractivity contribution >= 4 is 29.4 Å². The maximum absolute atomic E-state index is 12.6. The molecular weight excluding hydrogens is 306 g/mol. The molecule has 6 nitrogen and oxygen atoms in total. The third-order valence-electron chi connectivity index (χ3n) is 3.44. The Balaban J connectivity index is 2.25. The minimum atomic E-state index is -1.27. The molecule has 1 heterocycles. The number of nitrogens with zero attached hydrogens (tertiary/aromatic N) is 1. The van der Waals surface area contributed by atoms with Crippen molar-refractivity contribution in [3.8, 4) is 0 Å². The lowest BCUT2D eigenvalue weighted by Crippen LogP contribution is -2.44. The molecule has 0 aromatic heterocycles. The molecule has 1 aliphatic rings. The maximum atomic E-state index is 12.6. The summed E-state index contributed by atoms with van der Waals surface area (Å²) in [7, 11) is 0. The highest BCUT2D eigenvalue weighted by atomic mass is 35.5. The summed E-state index contributed by atoms with van der Waals surface area (Å²) >= 11 is 6.13. The van der Waals surface area contributed by atoms with E-state index in [4.69, 9.17) is 11.6 Å². The van der Waals surface area contributed by atoms with Crippen LogP contribution in [0.25, 0.3) is 0 Å². The number of imide groups is 1. The van der Waals surface area contributed by atoms with Crippen LogP contribution in [-0.4, -0.2) is 35.3 Å². The van der Waals surface area contributed by atoms with Gasteiger partial charge in [-0.3, -0.25) is 14.5 Å². The van der Waals surface area contributed by atoms with E-state index in [0.717, 1.165) is 4.90 Å². The summed E-state index contributed by atoms with van der Waals surface area (Å²) in [6.45, 7) is 4.87. The van der Waals surface area contributed by atoms with Gasteiger partial charge in [-0.05, 0) is 26.8 Å². The van der Waals surface area contributed by atoms with Crippen LogP contribution in [0.4, 0.5) is 4.79 Å². The molecule has 1 aromatic carbocycles. The zero-order valence-corrected chi connectivity index (χ0v) is 13.4. The van der Waals surface area contributed by atoms with E-state index in [2.05, 4.69) is 10.6 Å². The quantitative estimate of drug-likeness (QED) is 0.827. The van der Waals surface area contributed by atoms with Crippen LogP contribution < -0.4 is 10.6 Å². The van der Waals surface area contributed by atoms with Crippen LogP contribution in [0.1, 0.15) is 26.3 Å². The van der Waals surface area contributed by atoms with Crippen molar-refractivity contribution < 1.29 is 14.4 Å². The van der Waals surface area contributed by atoms with Crippen LogP contribution in [0, 0.1) is 0 Å². The van der Waals surface area contributed by atoms with Crippen LogP contribution in [-0.2, 0) is 15.1 Å². The molecule has 0 unspecified atom stereocenters. The van der Waals surface area contributed by atoms with Crippen LogP contribution >= 0.6 is 11.6 Å². The van der Waals surface area contributed by atoms with Crippen LogP contribution in [0.2, 0.25) is 5.02 Å². The molecule has 1 aliphatic heterocycles. The third-order valence-corrected chi connectivity index (χ3v) is 3.77. The molecule has 7 heteroatoms. The van der Waals surface area contributed by atoms with Gasteiger partial charge in [-0.1, -0.05) is 29.8 Å². The SMILES string of the molecule is CC(C)NC(=O)CN1C(=O)N[C@@](C)(c2ccccc2Cl)C1=O.